The van der Waals surface area contributed by atoms with Crippen LogP contribution >= 0.6 is 11.6 Å². The third kappa shape index (κ3) is 2.61. The maximum absolute atomic E-state index is 12.7. The second-order valence-corrected chi connectivity index (χ2v) is 5.51. The van der Waals surface area contributed by atoms with Gasteiger partial charge in [-0.3, -0.25) is 9.59 Å². The lowest BCUT2D eigenvalue weighted by molar-refractivity contribution is -0.117. The number of halogens is 1. The Kier molecular flexibility index (Phi) is 3.92. The minimum atomic E-state index is -0.412. The molecule has 2 heterocycles. The van der Waals surface area contributed by atoms with Crippen LogP contribution in [-0.2, 0) is 11.2 Å². The molecule has 0 bridgehead atoms. The average molecular weight is 331 g/mol. The molecular weight excluding hydrogens is 316 g/mol. The maximum atomic E-state index is 12.7. The molecule has 1 aliphatic heterocycles. The van der Waals surface area contributed by atoms with Gasteiger partial charge in [0.2, 0.25) is 5.91 Å². The largest absolute Gasteiger partial charge is 0.387 e. The number of carbonyl (C=O) groups is 2. The van der Waals surface area contributed by atoms with E-state index in [1.807, 2.05) is 0 Å². The quantitative estimate of drug-likeness (QED) is 0.846. The van der Waals surface area contributed by atoms with Crippen LogP contribution in [0.25, 0.3) is 0 Å². The van der Waals surface area contributed by atoms with Crippen LogP contribution in [0.1, 0.15) is 15.9 Å². The molecule has 2 aromatic rings. The third-order valence-corrected chi connectivity index (χ3v) is 4.07. The predicted octanol–water partition coefficient (Wildman–Crippen LogP) is 2.55. The van der Waals surface area contributed by atoms with E-state index in [4.69, 9.17) is 11.6 Å². The fourth-order valence-corrected chi connectivity index (χ4v) is 2.79. The van der Waals surface area contributed by atoms with Crippen LogP contribution in [-0.4, -0.2) is 30.9 Å². The van der Waals surface area contributed by atoms with Gasteiger partial charge in [-0.15, -0.1) is 0 Å². The number of pyridine rings is 1. The number of hydrogen-bond acceptors (Lipinski definition) is 5. The highest BCUT2D eigenvalue weighted by Crippen LogP contribution is 2.31. The molecule has 0 atom stereocenters. The van der Waals surface area contributed by atoms with Gasteiger partial charge in [-0.05, 0) is 29.8 Å². The Morgan fingerprint density at radius 1 is 1.17 bits per heavy atom. The number of hydrogen-bond donors (Lipinski definition) is 2. The molecule has 2 amide bonds. The smallest absolute Gasteiger partial charge is 0.266 e. The number of aromatic nitrogens is 1. The Morgan fingerprint density at radius 2 is 1.96 bits per heavy atom. The van der Waals surface area contributed by atoms with Crippen LogP contribution in [0.5, 0.6) is 0 Å². The molecule has 0 spiro atoms. The lowest BCUT2D eigenvalue weighted by atomic mass is 9.97. The van der Waals surface area contributed by atoms with E-state index in [9.17, 15) is 9.59 Å². The van der Waals surface area contributed by atoms with E-state index in [1.165, 1.54) is 0 Å². The van der Waals surface area contributed by atoms with Crippen molar-refractivity contribution in [1.82, 2.24) is 4.98 Å². The number of fused-ring (bicyclic) bond motifs is 1. The molecule has 1 aliphatic rings. The van der Waals surface area contributed by atoms with Crippen LogP contribution in [0.2, 0.25) is 5.02 Å². The van der Waals surface area contributed by atoms with Crippen LogP contribution in [0.15, 0.2) is 30.5 Å². The van der Waals surface area contributed by atoms with E-state index < -0.39 is 5.91 Å². The van der Waals surface area contributed by atoms with Gasteiger partial charge in [-0.2, -0.15) is 0 Å². The zero-order valence-electron chi connectivity index (χ0n) is 12.7. The lowest BCUT2D eigenvalue weighted by Crippen LogP contribution is -2.43. The number of carbonyl (C=O) groups excluding carboxylic acids is 2. The van der Waals surface area contributed by atoms with Crippen LogP contribution < -0.4 is 15.5 Å². The van der Waals surface area contributed by atoms with E-state index in [-0.39, 0.29) is 12.3 Å². The molecule has 0 saturated carbocycles. The topological polar surface area (TPSA) is 74.3 Å². The number of nitrogens with one attached hydrogen (secondary N) is 2. The van der Waals surface area contributed by atoms with E-state index >= 15 is 0 Å². The van der Waals surface area contributed by atoms with Crippen LogP contribution in [0.4, 0.5) is 17.2 Å². The van der Waals surface area contributed by atoms with Gasteiger partial charge in [0, 0.05) is 19.7 Å². The summed E-state index contributed by atoms with van der Waals surface area (Å²) in [5, 5.41) is 6.32. The molecule has 118 valence electrons. The molecule has 3 rings (SSSR count). The van der Waals surface area contributed by atoms with Crippen molar-refractivity contribution in [3.8, 4) is 0 Å². The van der Waals surface area contributed by atoms with Crippen molar-refractivity contribution in [3.63, 3.8) is 0 Å². The number of rotatable bonds is 3. The predicted molar refractivity (Wildman–Crippen MR) is 90.3 cm³/mol. The molecule has 0 unspecified atom stereocenters. The maximum Gasteiger partial charge on any atom is 0.266 e. The fourth-order valence-electron chi connectivity index (χ4n) is 2.53. The van der Waals surface area contributed by atoms with Gasteiger partial charge in [0.1, 0.15) is 5.82 Å². The average Bonchev–Trinajstić information content (AvgIpc) is 2.56. The van der Waals surface area contributed by atoms with Crippen molar-refractivity contribution in [3.05, 3.63) is 46.6 Å². The molecule has 7 heteroatoms. The second kappa shape index (κ2) is 5.89. The van der Waals surface area contributed by atoms with Gasteiger partial charge < -0.3 is 10.6 Å². The Hall–Kier alpha value is -2.60. The molecule has 1 aromatic heterocycles. The summed E-state index contributed by atoms with van der Waals surface area (Å²) in [7, 11) is 3.51. The molecule has 0 aliphatic carbocycles. The zero-order chi connectivity index (χ0) is 16.6. The van der Waals surface area contributed by atoms with Crippen LogP contribution in [0, 0.1) is 0 Å². The second-order valence-electron chi connectivity index (χ2n) is 5.11. The Balaban J connectivity index is 2.03. The van der Waals surface area contributed by atoms with Gasteiger partial charge in [-0.1, -0.05) is 11.6 Å². The summed E-state index contributed by atoms with van der Waals surface area (Å²) in [5.74, 6) is -0.416. The summed E-state index contributed by atoms with van der Waals surface area (Å²) in [6.45, 7) is 0. The first-order chi connectivity index (χ1) is 11.0. The highest BCUT2D eigenvalue weighted by atomic mass is 35.5. The molecular formula is C16H15ClN4O2. The summed E-state index contributed by atoms with van der Waals surface area (Å²) in [4.78, 5) is 30.4. The van der Waals surface area contributed by atoms with Gasteiger partial charge in [0.25, 0.3) is 5.91 Å². The fraction of sp³-hybridized carbons (Fsp3) is 0.188. The first kappa shape index (κ1) is 15.3. The molecule has 1 aromatic carbocycles. The highest BCUT2D eigenvalue weighted by Gasteiger charge is 2.33. The first-order valence-corrected chi connectivity index (χ1v) is 7.44. The van der Waals surface area contributed by atoms with Crippen molar-refractivity contribution in [2.45, 2.75) is 6.42 Å². The normalized spacial score (nSPS) is 13.8. The number of anilines is 3. The van der Waals surface area contributed by atoms with Gasteiger partial charge in [0.15, 0.2) is 0 Å². The Morgan fingerprint density at radius 3 is 2.57 bits per heavy atom. The first-order valence-electron chi connectivity index (χ1n) is 7.06. The zero-order valence-corrected chi connectivity index (χ0v) is 13.4. The minimum Gasteiger partial charge on any atom is -0.387 e. The van der Waals surface area contributed by atoms with Crippen LogP contribution in [0.3, 0.4) is 0 Å². The molecule has 2 N–H and O–H groups in total. The standard InChI is InChI=1S/C16H15ClN4O2/c1-18-10-3-4-14(20-8-10)21-15(22)6-9-5-13(19-2)12(17)7-11(9)16(21)23/h3-5,7-8,18-19H,6H2,1-2H3. The van der Waals surface area contributed by atoms with Gasteiger partial charge in [0.05, 0.1) is 29.0 Å². The van der Waals surface area contributed by atoms with Crippen molar-refractivity contribution < 1.29 is 9.59 Å². The van der Waals surface area contributed by atoms with Crippen molar-refractivity contribution in [2.24, 2.45) is 0 Å². The lowest BCUT2D eigenvalue weighted by Gasteiger charge is -2.26. The summed E-state index contributed by atoms with van der Waals surface area (Å²) in [6.07, 6.45) is 1.70. The Bertz CT molecular complexity index is 789. The van der Waals surface area contributed by atoms with Crippen molar-refractivity contribution in [2.75, 3.05) is 29.6 Å². The van der Waals surface area contributed by atoms with Crippen molar-refractivity contribution in [1.29, 1.82) is 0 Å². The summed E-state index contributed by atoms with van der Waals surface area (Å²) in [5.41, 5.74) is 2.58. The van der Waals surface area contributed by atoms with E-state index in [2.05, 4.69) is 15.6 Å². The number of imide groups is 1. The van der Waals surface area contributed by atoms with Gasteiger partial charge in [-0.25, -0.2) is 9.88 Å². The SMILES string of the molecule is CNc1ccc(N2C(=O)Cc3cc(NC)c(Cl)cc3C2=O)nc1. The monoisotopic (exact) mass is 330 g/mol. The summed E-state index contributed by atoms with van der Waals surface area (Å²) >= 11 is 6.15. The number of nitrogens with zero attached hydrogens (tertiary/aromatic N) is 2. The van der Waals surface area contributed by atoms with Crippen molar-refractivity contribution >= 4 is 40.6 Å². The van der Waals surface area contributed by atoms with E-state index in [0.29, 0.717) is 27.7 Å². The molecule has 0 radical (unpaired) electrons. The number of amides is 2. The number of benzene rings is 1. The third-order valence-electron chi connectivity index (χ3n) is 3.75. The minimum absolute atomic E-state index is 0.127. The molecule has 6 nitrogen and oxygen atoms in total. The Labute approximate surface area is 138 Å². The molecule has 0 saturated heterocycles. The summed E-state index contributed by atoms with van der Waals surface area (Å²) < 4.78 is 0. The van der Waals surface area contributed by atoms with Gasteiger partial charge >= 0.3 is 0 Å². The highest BCUT2D eigenvalue weighted by molar-refractivity contribution is 6.34. The van der Waals surface area contributed by atoms with E-state index in [1.54, 1.807) is 44.6 Å². The molecule has 23 heavy (non-hydrogen) atoms. The summed E-state index contributed by atoms with van der Waals surface area (Å²) in [6, 6.07) is 6.72. The van der Waals surface area contributed by atoms with E-state index in [0.717, 1.165) is 10.6 Å². The molecule has 0 fully saturated rings.